The van der Waals surface area contributed by atoms with E-state index in [1.165, 1.54) is 11.1 Å². The summed E-state index contributed by atoms with van der Waals surface area (Å²) in [5.41, 5.74) is 2.57. The molecule has 0 spiro atoms. The largest absolute Gasteiger partial charge is 0.496 e. The second-order valence-electron chi connectivity index (χ2n) is 4.54. The Hall–Kier alpha value is -1.55. The van der Waals surface area contributed by atoms with Gasteiger partial charge in [-0.2, -0.15) is 0 Å². The zero-order valence-corrected chi connectivity index (χ0v) is 13.4. The standard InChI is InChI=1S/C16H19BrN2O/c1-3-13-10-12(4-6-15(13)20-2)8-9-18-16-7-5-14(17)11-19-16/h4-7,10-11H,3,8-9H2,1-2H3,(H,18,19). The molecule has 0 bridgehead atoms. The highest BCUT2D eigenvalue weighted by Crippen LogP contribution is 2.20. The molecule has 0 fully saturated rings. The summed E-state index contributed by atoms with van der Waals surface area (Å²) < 4.78 is 6.34. The number of hydrogen-bond acceptors (Lipinski definition) is 3. The lowest BCUT2D eigenvalue weighted by atomic mass is 10.1. The van der Waals surface area contributed by atoms with Crippen molar-refractivity contribution in [3.8, 4) is 5.75 Å². The minimum Gasteiger partial charge on any atom is -0.496 e. The number of ether oxygens (including phenoxy) is 1. The number of methoxy groups -OCH3 is 1. The van der Waals surface area contributed by atoms with E-state index in [1.807, 2.05) is 18.2 Å². The molecule has 0 saturated heterocycles. The van der Waals surface area contributed by atoms with Gasteiger partial charge in [-0.1, -0.05) is 19.1 Å². The van der Waals surface area contributed by atoms with Crippen molar-refractivity contribution in [2.45, 2.75) is 19.8 Å². The molecule has 0 radical (unpaired) electrons. The van der Waals surface area contributed by atoms with Gasteiger partial charge in [0.15, 0.2) is 0 Å². The molecule has 1 aromatic heterocycles. The fourth-order valence-electron chi connectivity index (χ4n) is 2.08. The number of rotatable bonds is 6. The van der Waals surface area contributed by atoms with Crippen molar-refractivity contribution in [2.75, 3.05) is 19.0 Å². The molecule has 0 unspecified atom stereocenters. The first kappa shape index (κ1) is 14.9. The fourth-order valence-corrected chi connectivity index (χ4v) is 2.31. The average molecular weight is 335 g/mol. The summed E-state index contributed by atoms with van der Waals surface area (Å²) in [6.45, 7) is 3.01. The van der Waals surface area contributed by atoms with Gasteiger partial charge in [0.25, 0.3) is 0 Å². The highest BCUT2D eigenvalue weighted by Gasteiger charge is 2.02. The van der Waals surface area contributed by atoms with E-state index in [4.69, 9.17) is 4.74 Å². The number of hydrogen-bond donors (Lipinski definition) is 1. The van der Waals surface area contributed by atoms with Crippen molar-refractivity contribution in [1.29, 1.82) is 0 Å². The Bertz CT molecular complexity index is 555. The number of anilines is 1. The molecular weight excluding hydrogens is 316 g/mol. The third-order valence-corrected chi connectivity index (χ3v) is 3.64. The summed E-state index contributed by atoms with van der Waals surface area (Å²) in [5, 5.41) is 3.32. The smallest absolute Gasteiger partial charge is 0.125 e. The van der Waals surface area contributed by atoms with E-state index in [2.05, 4.69) is 45.3 Å². The first-order valence-electron chi connectivity index (χ1n) is 6.74. The van der Waals surface area contributed by atoms with Gasteiger partial charge >= 0.3 is 0 Å². The predicted octanol–water partition coefficient (Wildman–Crippen LogP) is 4.07. The lowest BCUT2D eigenvalue weighted by molar-refractivity contribution is 0.410. The zero-order chi connectivity index (χ0) is 14.4. The van der Waals surface area contributed by atoms with Crippen LogP contribution in [-0.4, -0.2) is 18.6 Å². The zero-order valence-electron chi connectivity index (χ0n) is 11.8. The van der Waals surface area contributed by atoms with Crippen LogP contribution < -0.4 is 10.1 Å². The summed E-state index contributed by atoms with van der Waals surface area (Å²) in [6, 6.07) is 10.3. The van der Waals surface area contributed by atoms with Crippen molar-refractivity contribution in [1.82, 2.24) is 4.98 Å². The number of nitrogens with zero attached hydrogens (tertiary/aromatic N) is 1. The van der Waals surface area contributed by atoms with Crippen LogP contribution in [0, 0.1) is 0 Å². The van der Waals surface area contributed by atoms with Crippen LogP contribution in [0.2, 0.25) is 0 Å². The fraction of sp³-hybridized carbons (Fsp3) is 0.312. The number of aromatic nitrogens is 1. The summed E-state index contributed by atoms with van der Waals surface area (Å²) in [5.74, 6) is 1.87. The van der Waals surface area contributed by atoms with Crippen LogP contribution in [0.3, 0.4) is 0 Å². The Morgan fingerprint density at radius 1 is 1.25 bits per heavy atom. The van der Waals surface area contributed by atoms with Crippen LogP contribution in [0.15, 0.2) is 41.0 Å². The molecule has 4 heteroatoms. The molecule has 0 atom stereocenters. The van der Waals surface area contributed by atoms with Crippen LogP contribution >= 0.6 is 15.9 Å². The summed E-state index contributed by atoms with van der Waals surface area (Å²) in [4.78, 5) is 4.29. The van der Waals surface area contributed by atoms with Gasteiger partial charge in [-0.25, -0.2) is 4.98 Å². The van der Waals surface area contributed by atoms with E-state index in [0.717, 1.165) is 35.4 Å². The quantitative estimate of drug-likeness (QED) is 0.864. The summed E-state index contributed by atoms with van der Waals surface area (Å²) in [6.07, 6.45) is 3.75. The molecule has 2 rings (SSSR count). The molecule has 0 saturated carbocycles. The van der Waals surface area contributed by atoms with E-state index in [9.17, 15) is 0 Å². The lowest BCUT2D eigenvalue weighted by Gasteiger charge is -2.10. The Kier molecular flexibility index (Phi) is 5.41. The van der Waals surface area contributed by atoms with Crippen LogP contribution in [0.5, 0.6) is 5.75 Å². The number of nitrogens with one attached hydrogen (secondary N) is 1. The van der Waals surface area contributed by atoms with Gasteiger partial charge < -0.3 is 10.1 Å². The molecule has 1 N–H and O–H groups in total. The van der Waals surface area contributed by atoms with Crippen LogP contribution in [-0.2, 0) is 12.8 Å². The third kappa shape index (κ3) is 3.97. The molecule has 2 aromatic rings. The Morgan fingerprint density at radius 2 is 2.10 bits per heavy atom. The maximum atomic E-state index is 5.35. The average Bonchev–Trinajstić information content (AvgIpc) is 2.49. The van der Waals surface area contributed by atoms with Gasteiger partial charge in [0, 0.05) is 17.2 Å². The second kappa shape index (κ2) is 7.29. The molecule has 1 heterocycles. The van der Waals surface area contributed by atoms with Gasteiger partial charge in [-0.05, 0) is 58.1 Å². The van der Waals surface area contributed by atoms with Crippen molar-refractivity contribution >= 4 is 21.7 Å². The maximum Gasteiger partial charge on any atom is 0.125 e. The Morgan fingerprint density at radius 3 is 2.75 bits per heavy atom. The monoisotopic (exact) mass is 334 g/mol. The summed E-state index contributed by atoms with van der Waals surface area (Å²) >= 11 is 3.38. The second-order valence-corrected chi connectivity index (χ2v) is 5.45. The SMILES string of the molecule is CCc1cc(CCNc2ccc(Br)cn2)ccc1OC. The number of benzene rings is 1. The number of pyridine rings is 1. The first-order chi connectivity index (χ1) is 9.72. The maximum absolute atomic E-state index is 5.35. The number of aryl methyl sites for hydroxylation is 1. The van der Waals surface area contributed by atoms with Gasteiger partial charge in [-0.15, -0.1) is 0 Å². The minimum absolute atomic E-state index is 0.865. The van der Waals surface area contributed by atoms with Gasteiger partial charge in [0.1, 0.15) is 11.6 Å². The van der Waals surface area contributed by atoms with Crippen LogP contribution in [0.4, 0.5) is 5.82 Å². The molecule has 20 heavy (non-hydrogen) atoms. The Balaban J connectivity index is 1.92. The van der Waals surface area contributed by atoms with Gasteiger partial charge in [0.05, 0.1) is 7.11 Å². The van der Waals surface area contributed by atoms with E-state index in [-0.39, 0.29) is 0 Å². The molecule has 0 aliphatic carbocycles. The minimum atomic E-state index is 0.865. The van der Waals surface area contributed by atoms with E-state index < -0.39 is 0 Å². The van der Waals surface area contributed by atoms with E-state index >= 15 is 0 Å². The molecule has 1 aromatic carbocycles. The number of halogens is 1. The topological polar surface area (TPSA) is 34.2 Å². The lowest BCUT2D eigenvalue weighted by Crippen LogP contribution is -2.06. The van der Waals surface area contributed by atoms with Gasteiger partial charge in [0.2, 0.25) is 0 Å². The van der Waals surface area contributed by atoms with Crippen molar-refractivity contribution in [2.24, 2.45) is 0 Å². The van der Waals surface area contributed by atoms with Crippen LogP contribution in [0.25, 0.3) is 0 Å². The normalized spacial score (nSPS) is 10.3. The van der Waals surface area contributed by atoms with Gasteiger partial charge in [-0.3, -0.25) is 0 Å². The van der Waals surface area contributed by atoms with Crippen molar-refractivity contribution < 1.29 is 4.74 Å². The highest BCUT2D eigenvalue weighted by molar-refractivity contribution is 9.10. The van der Waals surface area contributed by atoms with E-state index in [0.29, 0.717) is 0 Å². The molecule has 0 aliphatic rings. The molecule has 3 nitrogen and oxygen atoms in total. The van der Waals surface area contributed by atoms with Crippen molar-refractivity contribution in [3.63, 3.8) is 0 Å². The first-order valence-corrected chi connectivity index (χ1v) is 7.53. The molecular formula is C16H19BrN2O. The van der Waals surface area contributed by atoms with E-state index in [1.54, 1.807) is 13.3 Å². The highest BCUT2D eigenvalue weighted by atomic mass is 79.9. The molecule has 106 valence electrons. The molecule has 0 aliphatic heterocycles. The summed E-state index contributed by atoms with van der Waals surface area (Å²) in [7, 11) is 1.72. The van der Waals surface area contributed by atoms with Crippen molar-refractivity contribution in [3.05, 3.63) is 52.1 Å². The Labute approximate surface area is 128 Å². The molecule has 0 amide bonds. The predicted molar refractivity (Wildman–Crippen MR) is 86.5 cm³/mol. The third-order valence-electron chi connectivity index (χ3n) is 3.17. The van der Waals surface area contributed by atoms with Crippen LogP contribution in [0.1, 0.15) is 18.1 Å².